The predicted molar refractivity (Wildman–Crippen MR) is 319 cm³/mol. The third-order valence-electron chi connectivity index (χ3n) is 16.6. The van der Waals surface area contributed by atoms with Crippen LogP contribution in [0.5, 0.6) is 0 Å². The largest absolute Gasteiger partial charge is 0.396 e. The molecule has 33 nitrogen and oxygen atoms in total. The molecule has 33 heteroatoms. The van der Waals surface area contributed by atoms with Gasteiger partial charge in [-0.15, -0.1) is 0 Å². The summed E-state index contributed by atoms with van der Waals surface area (Å²) in [5, 5.41) is 126. The number of aliphatic imine (C=N–C) groups is 2. The number of hydrogen-bond donors (Lipinski definition) is 21. The van der Waals surface area contributed by atoms with Crippen LogP contribution < -0.4 is 49.9 Å². The Hall–Kier alpha value is -6.97. The van der Waals surface area contributed by atoms with Crippen molar-refractivity contribution in [2.24, 2.45) is 62.3 Å². The lowest BCUT2D eigenvalue weighted by molar-refractivity contribution is -0.0686. The number of allylic oxidation sites excluding steroid dienone is 2. The maximum atomic E-state index is 11.4. The summed E-state index contributed by atoms with van der Waals surface area (Å²) in [7, 11) is 3.18. The fraction of sp³-hybridized carbons (Fsp3) is 0.554. The van der Waals surface area contributed by atoms with Crippen LogP contribution >= 0.6 is 0 Å². The smallest absolute Gasteiger partial charge is 0.325 e. The van der Waals surface area contributed by atoms with Gasteiger partial charge >= 0.3 is 18.1 Å². The van der Waals surface area contributed by atoms with Gasteiger partial charge in [0.25, 0.3) is 0 Å². The summed E-state index contributed by atoms with van der Waals surface area (Å²) in [6.07, 6.45) is -2.82. The van der Waals surface area contributed by atoms with Gasteiger partial charge in [0.05, 0.1) is 55.8 Å². The molecular weight excluding hydrogens is 1170 g/mol. The molecule has 8 heterocycles. The van der Waals surface area contributed by atoms with Crippen molar-refractivity contribution in [2.45, 2.75) is 124 Å². The molecule has 0 aromatic heterocycles. The fourth-order valence-corrected chi connectivity index (χ4v) is 11.1. The lowest BCUT2D eigenvalue weighted by atomic mass is 9.92. The molecule has 3 saturated heterocycles. The number of carbonyl (C=O) groups is 3. The number of nitrogens with two attached hydrogens (primary N) is 5. The number of hydrogen-bond acceptors (Lipinski definition) is 27. The highest BCUT2D eigenvalue weighted by atomic mass is 16.6. The summed E-state index contributed by atoms with van der Waals surface area (Å²) in [6.45, 7) is 21.5. The Kier molecular flexibility index (Phi) is 24.2. The molecule has 0 aromatic carbocycles. The van der Waals surface area contributed by atoms with Crippen LogP contribution in [0.4, 0.5) is 14.4 Å². The minimum atomic E-state index is -1.08. The number of amides is 6. The number of aliphatic hydroxyl groups is 12. The number of aliphatic hydroxyl groups excluding tert-OH is 12. The van der Waals surface area contributed by atoms with E-state index < -0.39 is 97.8 Å². The van der Waals surface area contributed by atoms with Crippen molar-refractivity contribution in [3.05, 3.63) is 120 Å². The van der Waals surface area contributed by atoms with Crippen LogP contribution in [0.15, 0.2) is 130 Å². The summed E-state index contributed by atoms with van der Waals surface area (Å²) >= 11 is 0. The van der Waals surface area contributed by atoms with Gasteiger partial charge in [0.1, 0.15) is 66.0 Å². The quantitative estimate of drug-likeness (QED) is 0.0968. The SMILES string of the molecule is C=C1N=C(N)C(C)=CN1[C@@H]1O[C@H](CN)C(O)[C@@H]1O.C=C1N=C(N)C(C)=CN1[C@@H]1O[C@H](CO)C(N)[C@@H]1O.C=C1NC(=O)N(C)C=C1[C@@H]1C[C@H](CO)C(O)[C@@H]1O.C=C1NC(=O)N(C)C=C1[C@@H]1O[C@H](CO)C(N)[C@@H]1O.C=C1NC(=O)NC=C1[C@@H]1C[C@H](CO)C(O)[C@@H]1O. The van der Waals surface area contributed by atoms with Crippen LogP contribution in [0, 0.1) is 23.7 Å². The third-order valence-corrected chi connectivity index (χ3v) is 16.6. The highest BCUT2D eigenvalue weighted by Gasteiger charge is 2.49. The number of carbonyl (C=O) groups excluding carboxylic acids is 3. The molecule has 10 aliphatic rings. The predicted octanol–water partition coefficient (Wildman–Crippen LogP) is -6.20. The zero-order valence-electron chi connectivity index (χ0n) is 49.8. The van der Waals surface area contributed by atoms with Crippen molar-refractivity contribution >= 4 is 29.8 Å². The average molecular weight is 1260 g/mol. The van der Waals surface area contributed by atoms with Crippen molar-refractivity contribution in [1.29, 1.82) is 0 Å². The maximum absolute atomic E-state index is 11.4. The summed E-state index contributed by atoms with van der Waals surface area (Å²) in [5.41, 5.74) is 32.9. The van der Waals surface area contributed by atoms with Crippen molar-refractivity contribution < 1.29 is 89.9 Å². The number of ether oxygens (including phenoxy) is 3. The first-order valence-electron chi connectivity index (χ1n) is 28.3. The summed E-state index contributed by atoms with van der Waals surface area (Å²) < 4.78 is 16.5. The normalized spacial score (nSPS) is 36.8. The molecule has 2 saturated carbocycles. The third kappa shape index (κ3) is 15.6. The molecular formula is C56H87N15O18. The van der Waals surface area contributed by atoms with Crippen LogP contribution in [0.2, 0.25) is 0 Å². The van der Waals surface area contributed by atoms with Crippen molar-refractivity contribution in [1.82, 2.24) is 40.9 Å². The van der Waals surface area contributed by atoms with Crippen LogP contribution in [0.25, 0.3) is 0 Å². The number of urea groups is 3. The Labute approximate surface area is 513 Å². The summed E-state index contributed by atoms with van der Waals surface area (Å²) in [4.78, 5) is 47.7. The van der Waals surface area contributed by atoms with E-state index in [2.05, 4.69) is 64.1 Å². The maximum Gasteiger partial charge on any atom is 0.325 e. The Bertz CT molecular complexity index is 2760. The van der Waals surface area contributed by atoms with Gasteiger partial charge in [-0.25, -0.2) is 24.4 Å². The molecule has 26 N–H and O–H groups in total. The molecule has 494 valence electrons. The topological polar surface area (TPSA) is 538 Å². The van der Waals surface area contributed by atoms with Gasteiger partial charge < -0.3 is 145 Å². The molecule has 10 rings (SSSR count). The Morgan fingerprint density at radius 2 is 0.955 bits per heavy atom. The number of nitrogens with one attached hydrogen (secondary N) is 4. The highest BCUT2D eigenvalue weighted by Crippen LogP contribution is 2.40. The van der Waals surface area contributed by atoms with E-state index in [1.165, 1.54) is 16.0 Å². The van der Waals surface area contributed by atoms with Gasteiger partial charge in [0.15, 0.2) is 12.5 Å². The molecule has 2 aliphatic carbocycles. The zero-order valence-corrected chi connectivity index (χ0v) is 49.8. The zero-order chi connectivity index (χ0) is 66.4. The van der Waals surface area contributed by atoms with E-state index in [1.807, 2.05) is 0 Å². The number of rotatable bonds is 10. The Morgan fingerprint density at radius 3 is 1.37 bits per heavy atom. The van der Waals surface area contributed by atoms with E-state index in [1.54, 1.807) is 62.5 Å². The highest BCUT2D eigenvalue weighted by molar-refractivity contribution is 5.98. The monoisotopic (exact) mass is 1260 g/mol. The first-order chi connectivity index (χ1) is 41.8. The van der Waals surface area contributed by atoms with E-state index in [4.69, 9.17) is 63.3 Å². The molecule has 0 aromatic rings. The Morgan fingerprint density at radius 1 is 0.539 bits per heavy atom. The fourth-order valence-electron chi connectivity index (χ4n) is 11.1. The van der Waals surface area contributed by atoms with Crippen LogP contribution in [0.1, 0.15) is 26.7 Å². The van der Waals surface area contributed by atoms with Crippen LogP contribution in [0.3, 0.4) is 0 Å². The Balaban J connectivity index is 0.000000177. The molecule has 0 spiro atoms. The van der Waals surface area contributed by atoms with Crippen molar-refractivity contribution in [3.8, 4) is 0 Å². The first-order valence-corrected chi connectivity index (χ1v) is 28.3. The minimum absolute atomic E-state index is 0.128. The molecule has 89 heavy (non-hydrogen) atoms. The van der Waals surface area contributed by atoms with Crippen molar-refractivity contribution in [2.75, 3.05) is 47.1 Å². The minimum Gasteiger partial charge on any atom is -0.396 e. The standard InChI is InChI=1S/C12H18N2O4.2C11H18N4O3.C11H17N3O4.C11H16N2O4/c1-6-9(4-14(2)12(18)13-6)8-3-7(5-15)10(16)11(8)17;1-5-4-15(6(2)14-10(5)13)11-9(17)8(16)7(3-12)18-11;1-5-3-15(6(2)14-10(5)13)11-9(17)8(12)7(4-16)18-11;1-5-6(3-14(2)11(17)13-5)10-9(16)8(12)7(4-15)18-10;1-5-8(3-12-11(17)13-5)7-2-6(4-14)9(15)10(7)16/h4,7-8,10-11,15-17H,1,3,5H2,2H3,(H,13,18);4,7-9,11,16-17H,2-3,12H2,1H3,(H2,13,14);3,7-9,11,16-17H,2,4,12H2,1H3,(H2,13,14);3,7-10,15-16H,1,4,12H2,2H3,(H,13,17);3,6-7,9-10,14-16H,1-2,4H2,(H2,12,13,17)/t7-,8+,10?,11-;2*7-,8?,9+,11-;7-,8?,9+,10+;6-,7+,9?,10-/m11111/s1. The molecule has 20 atom stereocenters. The van der Waals surface area contributed by atoms with E-state index in [-0.39, 0.29) is 74.7 Å². The van der Waals surface area contributed by atoms with Crippen molar-refractivity contribution in [3.63, 3.8) is 0 Å². The second kappa shape index (κ2) is 30.2. The molecule has 5 unspecified atom stereocenters. The molecule has 5 fully saturated rings. The van der Waals surface area contributed by atoms with Gasteiger partial charge in [-0.1, -0.05) is 32.9 Å². The molecule has 0 radical (unpaired) electrons. The van der Waals surface area contributed by atoms with E-state index in [0.29, 0.717) is 70.0 Å². The van der Waals surface area contributed by atoms with Gasteiger partial charge in [-0.05, 0) is 37.8 Å². The van der Waals surface area contributed by atoms with Crippen LogP contribution in [-0.2, 0) is 14.2 Å². The molecule has 8 aliphatic heterocycles. The lowest BCUT2D eigenvalue weighted by Gasteiger charge is -2.31. The van der Waals surface area contributed by atoms with Gasteiger partial charge in [0, 0.05) is 122 Å². The number of nitrogens with zero attached hydrogens (tertiary/aromatic N) is 6. The second-order valence-electron chi connectivity index (χ2n) is 22.6. The van der Waals surface area contributed by atoms with E-state index in [9.17, 15) is 55.2 Å². The van der Waals surface area contributed by atoms with E-state index in [0.717, 1.165) is 11.1 Å². The lowest BCUT2D eigenvalue weighted by Crippen LogP contribution is -2.45. The molecule has 0 bridgehead atoms. The average Bonchev–Trinajstić information content (AvgIpc) is 2.01. The van der Waals surface area contributed by atoms with Gasteiger partial charge in [0.2, 0.25) is 0 Å². The van der Waals surface area contributed by atoms with E-state index >= 15 is 0 Å². The molecule has 6 amide bonds. The second-order valence-corrected chi connectivity index (χ2v) is 22.6. The van der Waals surface area contributed by atoms with Gasteiger partial charge in [-0.3, -0.25) is 0 Å². The van der Waals surface area contributed by atoms with Gasteiger partial charge in [-0.2, -0.15) is 0 Å². The number of amidine groups is 2. The summed E-state index contributed by atoms with van der Waals surface area (Å²) in [6, 6.07) is -2.28. The van der Waals surface area contributed by atoms with Crippen LogP contribution in [-0.4, -0.2) is 255 Å². The first kappa shape index (κ1) is 71.1. The summed E-state index contributed by atoms with van der Waals surface area (Å²) in [5.74, 6) is 0.129.